The minimum absolute atomic E-state index is 0.906. The number of allylic oxidation sites excluding steroid dienone is 4. The molecule has 10 heavy (non-hydrogen) atoms. The first-order valence-corrected chi connectivity index (χ1v) is 3.49. The number of terminal acetylenes is 1. The monoisotopic (exact) mass is 156 g/mol. The molecular weight excluding hydrogens is 144 g/mol. The van der Waals surface area contributed by atoms with E-state index in [0.29, 0.717) is 0 Å². The molecule has 0 aliphatic carbocycles. The maximum atomic E-state index is 5.65. The van der Waals surface area contributed by atoms with Gasteiger partial charge in [-0.15, -0.1) is 12.8 Å². The van der Waals surface area contributed by atoms with E-state index in [1.54, 1.807) is 0 Å². The fourth-order valence-electron chi connectivity index (χ4n) is 0.318. The Morgan fingerprint density at radius 1 is 1.50 bits per heavy atom. The summed E-state index contributed by atoms with van der Waals surface area (Å²) in [5, 5.41) is 0.906. The molecule has 0 aliphatic rings. The predicted octanol–water partition coefficient (Wildman–Crippen LogP) is 3.34. The highest BCUT2D eigenvalue weighted by molar-refractivity contribution is 6.29. The molecule has 0 amide bonds. The van der Waals surface area contributed by atoms with Gasteiger partial charge in [0.05, 0.1) is 0 Å². The van der Waals surface area contributed by atoms with E-state index >= 15 is 0 Å². The molecule has 0 saturated heterocycles. The van der Waals surface area contributed by atoms with Crippen molar-refractivity contribution in [1.82, 2.24) is 0 Å². The molecule has 1 heteroatoms. The number of hydrogen-bond acceptors (Lipinski definition) is 0. The smallest absolute Gasteiger partial charge is 0.0178 e. The molecular formula is C9H13Cl. The van der Waals surface area contributed by atoms with Crippen molar-refractivity contribution in [3.05, 3.63) is 23.3 Å². The average Bonchev–Trinajstić information content (AvgIpc) is 2.04. The van der Waals surface area contributed by atoms with Crippen molar-refractivity contribution >= 4 is 11.6 Å². The van der Waals surface area contributed by atoms with Crippen LogP contribution in [-0.2, 0) is 0 Å². The molecule has 0 saturated carbocycles. The molecule has 0 aliphatic heterocycles. The molecule has 0 fully saturated rings. The SMILES string of the molecule is C#C.C/C=C\C=C(\Cl)CC. The van der Waals surface area contributed by atoms with Crippen LogP contribution in [0.1, 0.15) is 20.3 Å². The van der Waals surface area contributed by atoms with Gasteiger partial charge in [-0.05, 0) is 19.4 Å². The fourth-order valence-corrected chi connectivity index (χ4v) is 0.391. The molecule has 0 aromatic carbocycles. The molecule has 56 valence electrons. The Hall–Kier alpha value is -0.670. The Morgan fingerprint density at radius 2 is 2.00 bits per heavy atom. The van der Waals surface area contributed by atoms with E-state index in [0.717, 1.165) is 11.5 Å². The second kappa shape index (κ2) is 11.2. The molecule has 0 spiro atoms. The zero-order valence-corrected chi connectivity index (χ0v) is 7.23. The summed E-state index contributed by atoms with van der Waals surface area (Å²) in [6, 6.07) is 0. The highest BCUT2D eigenvalue weighted by atomic mass is 35.5. The largest absolute Gasteiger partial charge is 0.124 e. The summed E-state index contributed by atoms with van der Waals surface area (Å²) in [4.78, 5) is 0. The summed E-state index contributed by atoms with van der Waals surface area (Å²) < 4.78 is 0. The Bertz CT molecular complexity index is 129. The van der Waals surface area contributed by atoms with Gasteiger partial charge >= 0.3 is 0 Å². The third-order valence-corrected chi connectivity index (χ3v) is 1.20. The van der Waals surface area contributed by atoms with Crippen molar-refractivity contribution in [3.63, 3.8) is 0 Å². The predicted molar refractivity (Wildman–Crippen MR) is 48.9 cm³/mol. The summed E-state index contributed by atoms with van der Waals surface area (Å²) in [6.45, 7) is 4.00. The average molecular weight is 157 g/mol. The van der Waals surface area contributed by atoms with Gasteiger partial charge < -0.3 is 0 Å². The van der Waals surface area contributed by atoms with E-state index in [1.165, 1.54) is 0 Å². The van der Waals surface area contributed by atoms with Gasteiger partial charge in [-0.1, -0.05) is 30.7 Å². The Balaban J connectivity index is 0. The maximum absolute atomic E-state index is 5.65. The van der Waals surface area contributed by atoms with E-state index in [-0.39, 0.29) is 0 Å². The van der Waals surface area contributed by atoms with Gasteiger partial charge in [-0.25, -0.2) is 0 Å². The topological polar surface area (TPSA) is 0 Å². The van der Waals surface area contributed by atoms with Gasteiger partial charge in [0.1, 0.15) is 0 Å². The molecule has 0 N–H and O–H groups in total. The first kappa shape index (κ1) is 12.0. The summed E-state index contributed by atoms with van der Waals surface area (Å²) >= 11 is 5.65. The lowest BCUT2D eigenvalue weighted by molar-refractivity contribution is 1.19. The van der Waals surface area contributed by atoms with E-state index in [2.05, 4.69) is 12.8 Å². The standard InChI is InChI=1S/C7H11Cl.C2H2/c1-3-5-6-7(8)4-2;1-2/h3,5-6H,4H2,1-2H3;1-2H/b5-3-,7-6+;. The number of hydrogen-bond donors (Lipinski definition) is 0. The Morgan fingerprint density at radius 3 is 2.30 bits per heavy atom. The van der Waals surface area contributed by atoms with Gasteiger partial charge in [0, 0.05) is 5.03 Å². The van der Waals surface area contributed by atoms with Crippen LogP contribution in [-0.4, -0.2) is 0 Å². The van der Waals surface area contributed by atoms with E-state index in [9.17, 15) is 0 Å². The first-order chi connectivity index (χ1) is 4.81. The fraction of sp³-hybridized carbons (Fsp3) is 0.333. The molecule has 0 nitrogen and oxygen atoms in total. The lowest BCUT2D eigenvalue weighted by atomic mass is 10.4. The highest BCUT2D eigenvalue weighted by Gasteiger charge is 1.79. The summed E-state index contributed by atoms with van der Waals surface area (Å²) in [5.74, 6) is 0. The molecule has 0 aromatic heterocycles. The molecule has 0 heterocycles. The number of halogens is 1. The normalized spacial score (nSPS) is 10.7. The lowest BCUT2D eigenvalue weighted by Crippen LogP contribution is -1.61. The third kappa shape index (κ3) is 10.3. The van der Waals surface area contributed by atoms with Gasteiger partial charge in [0.15, 0.2) is 0 Å². The quantitative estimate of drug-likeness (QED) is 0.425. The van der Waals surface area contributed by atoms with E-state index in [1.807, 2.05) is 32.1 Å². The molecule has 0 radical (unpaired) electrons. The van der Waals surface area contributed by atoms with Gasteiger partial charge in [-0.3, -0.25) is 0 Å². The molecule has 0 aromatic rings. The summed E-state index contributed by atoms with van der Waals surface area (Å²) in [6.07, 6.45) is 14.7. The minimum Gasteiger partial charge on any atom is -0.124 e. The van der Waals surface area contributed by atoms with E-state index < -0.39 is 0 Å². The van der Waals surface area contributed by atoms with Crippen molar-refractivity contribution in [3.8, 4) is 12.8 Å². The zero-order valence-electron chi connectivity index (χ0n) is 6.47. The van der Waals surface area contributed by atoms with Crippen LogP contribution in [0.3, 0.4) is 0 Å². The second-order valence-corrected chi connectivity index (χ2v) is 1.98. The highest BCUT2D eigenvalue weighted by Crippen LogP contribution is 2.04. The maximum Gasteiger partial charge on any atom is 0.0178 e. The van der Waals surface area contributed by atoms with E-state index in [4.69, 9.17) is 11.6 Å². The van der Waals surface area contributed by atoms with Crippen LogP contribution in [0.15, 0.2) is 23.3 Å². The zero-order chi connectivity index (χ0) is 8.41. The van der Waals surface area contributed by atoms with Crippen LogP contribution in [0, 0.1) is 12.8 Å². The van der Waals surface area contributed by atoms with Crippen molar-refractivity contribution in [2.75, 3.05) is 0 Å². The lowest BCUT2D eigenvalue weighted by Gasteiger charge is -1.83. The summed E-state index contributed by atoms with van der Waals surface area (Å²) in [5.41, 5.74) is 0. The van der Waals surface area contributed by atoms with Gasteiger partial charge in [0.2, 0.25) is 0 Å². The van der Waals surface area contributed by atoms with Crippen LogP contribution in [0.5, 0.6) is 0 Å². The van der Waals surface area contributed by atoms with Crippen LogP contribution in [0.2, 0.25) is 0 Å². The van der Waals surface area contributed by atoms with Crippen molar-refractivity contribution in [2.45, 2.75) is 20.3 Å². The Kier molecular flexibility index (Phi) is 13.5. The van der Waals surface area contributed by atoms with Crippen LogP contribution < -0.4 is 0 Å². The van der Waals surface area contributed by atoms with Crippen molar-refractivity contribution in [1.29, 1.82) is 0 Å². The Labute approximate surface area is 68.6 Å². The van der Waals surface area contributed by atoms with Crippen molar-refractivity contribution in [2.24, 2.45) is 0 Å². The third-order valence-electron chi connectivity index (χ3n) is 0.807. The van der Waals surface area contributed by atoms with Crippen LogP contribution in [0.4, 0.5) is 0 Å². The second-order valence-electron chi connectivity index (χ2n) is 1.49. The summed E-state index contributed by atoms with van der Waals surface area (Å²) in [7, 11) is 0. The minimum atomic E-state index is 0.906. The van der Waals surface area contributed by atoms with Crippen LogP contribution >= 0.6 is 11.6 Å². The van der Waals surface area contributed by atoms with Crippen molar-refractivity contribution < 1.29 is 0 Å². The first-order valence-electron chi connectivity index (χ1n) is 3.12. The van der Waals surface area contributed by atoms with Gasteiger partial charge in [-0.2, -0.15) is 0 Å². The van der Waals surface area contributed by atoms with Gasteiger partial charge in [0.25, 0.3) is 0 Å². The molecule has 0 atom stereocenters. The molecule has 0 unspecified atom stereocenters. The molecule has 0 bridgehead atoms. The molecule has 0 rings (SSSR count). The number of rotatable bonds is 2. The van der Waals surface area contributed by atoms with Crippen LogP contribution in [0.25, 0.3) is 0 Å².